The number of fused-ring (bicyclic) bond motifs is 1. The highest BCUT2D eigenvalue weighted by Crippen LogP contribution is 2.36. The van der Waals surface area contributed by atoms with E-state index in [1.807, 2.05) is 55.5 Å². The molecule has 5 rings (SSSR count). The smallest absolute Gasteiger partial charge is 0.387 e. The summed E-state index contributed by atoms with van der Waals surface area (Å²) in [5.41, 5.74) is 5.16. The van der Waals surface area contributed by atoms with Crippen LogP contribution in [0.3, 0.4) is 0 Å². The standard InChI is InChI=1S/C28H26F2N2O4.H2S/c1-17-20(18-8-3-2-4-9-18)10-7-11-21(17)26-31-22-14-19(24(36-28(29)30)15-25(22)35-26)16-32-13-6-5-12-23(32)27(33)34;/h2-4,7-11,14-15,23,28H,5-6,12-13,16H2,1H3,(H,33,34);1H2/t23-;/m0./s1. The van der Waals surface area contributed by atoms with Crippen LogP contribution in [0, 0.1) is 6.92 Å². The average Bonchev–Trinajstić information content (AvgIpc) is 3.27. The summed E-state index contributed by atoms with van der Waals surface area (Å²) in [6.07, 6.45) is 2.19. The number of aliphatic carboxylic acids is 1. The molecule has 1 aliphatic rings. The van der Waals surface area contributed by atoms with E-state index in [0.717, 1.165) is 35.1 Å². The Morgan fingerprint density at radius 1 is 1.14 bits per heavy atom. The molecule has 1 fully saturated rings. The monoisotopic (exact) mass is 526 g/mol. The molecule has 1 saturated heterocycles. The fourth-order valence-electron chi connectivity index (χ4n) is 4.92. The van der Waals surface area contributed by atoms with Crippen molar-refractivity contribution in [2.75, 3.05) is 6.54 Å². The lowest BCUT2D eigenvalue weighted by atomic mass is 9.96. The second kappa shape index (κ2) is 11.3. The minimum Gasteiger partial charge on any atom is -0.480 e. The fourth-order valence-corrected chi connectivity index (χ4v) is 4.92. The molecule has 4 aromatic rings. The summed E-state index contributed by atoms with van der Waals surface area (Å²) in [7, 11) is 0. The Kier molecular flexibility index (Phi) is 8.14. The van der Waals surface area contributed by atoms with Crippen LogP contribution in [0.5, 0.6) is 5.75 Å². The molecule has 0 unspecified atom stereocenters. The molecule has 194 valence electrons. The first-order valence-corrected chi connectivity index (χ1v) is 11.9. The van der Waals surface area contributed by atoms with Gasteiger partial charge >= 0.3 is 12.6 Å². The largest absolute Gasteiger partial charge is 0.480 e. The molecule has 1 atom stereocenters. The molecule has 0 radical (unpaired) electrons. The third-order valence-corrected chi connectivity index (χ3v) is 6.71. The van der Waals surface area contributed by atoms with Gasteiger partial charge in [0.15, 0.2) is 5.58 Å². The summed E-state index contributed by atoms with van der Waals surface area (Å²) < 4.78 is 37.3. The summed E-state index contributed by atoms with van der Waals surface area (Å²) in [4.78, 5) is 18.2. The van der Waals surface area contributed by atoms with Gasteiger partial charge in [-0.15, -0.1) is 0 Å². The van der Waals surface area contributed by atoms with Crippen molar-refractivity contribution in [3.63, 3.8) is 0 Å². The molecule has 0 bridgehead atoms. The molecule has 0 aliphatic carbocycles. The van der Waals surface area contributed by atoms with E-state index in [1.54, 1.807) is 11.0 Å². The maximum atomic E-state index is 13.2. The minimum absolute atomic E-state index is 0. The summed E-state index contributed by atoms with van der Waals surface area (Å²) in [5, 5.41) is 9.61. The van der Waals surface area contributed by atoms with Crippen LogP contribution in [0.15, 0.2) is 65.1 Å². The second-order valence-electron chi connectivity index (χ2n) is 8.99. The Morgan fingerprint density at radius 3 is 2.62 bits per heavy atom. The third kappa shape index (κ3) is 5.62. The molecule has 2 heterocycles. The van der Waals surface area contributed by atoms with Crippen molar-refractivity contribution in [3.05, 3.63) is 71.8 Å². The van der Waals surface area contributed by atoms with Gasteiger partial charge in [-0.25, -0.2) is 4.98 Å². The lowest BCUT2D eigenvalue weighted by Crippen LogP contribution is -2.44. The van der Waals surface area contributed by atoms with E-state index in [4.69, 9.17) is 9.15 Å². The number of likely N-dealkylation sites (tertiary alicyclic amines) is 1. The Morgan fingerprint density at radius 2 is 1.89 bits per heavy atom. The molecule has 0 saturated carbocycles. The quantitative estimate of drug-likeness (QED) is 0.292. The number of piperidine rings is 1. The average molecular weight is 527 g/mol. The molecule has 1 aromatic heterocycles. The second-order valence-corrected chi connectivity index (χ2v) is 8.99. The van der Waals surface area contributed by atoms with Gasteiger partial charge in [-0.05, 0) is 55.1 Å². The van der Waals surface area contributed by atoms with E-state index in [2.05, 4.69) is 4.98 Å². The van der Waals surface area contributed by atoms with Gasteiger partial charge in [-0.1, -0.05) is 48.9 Å². The zero-order valence-electron chi connectivity index (χ0n) is 20.3. The van der Waals surface area contributed by atoms with Gasteiger partial charge in [-0.3, -0.25) is 9.69 Å². The van der Waals surface area contributed by atoms with Gasteiger partial charge in [0.25, 0.3) is 0 Å². The number of alkyl halides is 2. The van der Waals surface area contributed by atoms with Crippen LogP contribution in [-0.4, -0.2) is 40.2 Å². The van der Waals surface area contributed by atoms with Crippen molar-refractivity contribution < 1.29 is 27.8 Å². The first kappa shape index (κ1) is 26.6. The maximum Gasteiger partial charge on any atom is 0.387 e. The lowest BCUT2D eigenvalue weighted by Gasteiger charge is -2.33. The van der Waals surface area contributed by atoms with Crippen LogP contribution < -0.4 is 4.74 Å². The summed E-state index contributed by atoms with van der Waals surface area (Å²) in [6, 6.07) is 18.3. The van der Waals surface area contributed by atoms with Crippen molar-refractivity contribution in [1.82, 2.24) is 9.88 Å². The molecule has 6 nitrogen and oxygen atoms in total. The number of aromatic nitrogens is 1. The molecule has 1 N–H and O–H groups in total. The summed E-state index contributed by atoms with van der Waals surface area (Å²) >= 11 is 0. The highest BCUT2D eigenvalue weighted by atomic mass is 32.1. The predicted molar refractivity (Wildman–Crippen MR) is 142 cm³/mol. The number of oxazole rings is 1. The molecule has 0 amide bonds. The Hall–Kier alpha value is -3.43. The highest BCUT2D eigenvalue weighted by Gasteiger charge is 2.29. The van der Waals surface area contributed by atoms with E-state index in [-0.39, 0.29) is 25.8 Å². The van der Waals surface area contributed by atoms with E-state index in [9.17, 15) is 18.7 Å². The third-order valence-electron chi connectivity index (χ3n) is 6.71. The maximum absolute atomic E-state index is 13.2. The summed E-state index contributed by atoms with van der Waals surface area (Å²) in [5.74, 6) is -0.573. The van der Waals surface area contributed by atoms with Crippen molar-refractivity contribution in [3.8, 4) is 28.3 Å². The van der Waals surface area contributed by atoms with Crippen molar-refractivity contribution in [2.24, 2.45) is 0 Å². The number of hydrogen-bond donors (Lipinski definition) is 1. The number of nitrogens with zero attached hydrogens (tertiary/aromatic N) is 2. The van der Waals surface area contributed by atoms with Gasteiger partial charge in [0.05, 0.1) is 0 Å². The first-order valence-electron chi connectivity index (χ1n) is 11.9. The topological polar surface area (TPSA) is 75.8 Å². The van der Waals surface area contributed by atoms with Crippen LogP contribution in [0.25, 0.3) is 33.7 Å². The Labute approximate surface area is 220 Å². The molecular formula is C28H28F2N2O4S. The number of hydrogen-bond acceptors (Lipinski definition) is 5. The zero-order valence-corrected chi connectivity index (χ0v) is 21.3. The Balaban J connectivity index is 0.00000320. The van der Waals surface area contributed by atoms with Crippen LogP contribution in [0.4, 0.5) is 8.78 Å². The van der Waals surface area contributed by atoms with Gasteiger partial charge in [0, 0.05) is 23.7 Å². The first-order chi connectivity index (χ1) is 17.4. The van der Waals surface area contributed by atoms with Crippen LogP contribution in [0.2, 0.25) is 0 Å². The van der Waals surface area contributed by atoms with E-state index < -0.39 is 18.6 Å². The fraction of sp³-hybridized carbons (Fsp3) is 0.286. The number of ether oxygens (including phenoxy) is 1. The molecule has 0 spiro atoms. The molecule has 1 aliphatic heterocycles. The summed E-state index contributed by atoms with van der Waals surface area (Å²) in [6.45, 7) is -0.297. The molecular weight excluding hydrogens is 498 g/mol. The van der Waals surface area contributed by atoms with Crippen LogP contribution in [-0.2, 0) is 11.3 Å². The van der Waals surface area contributed by atoms with Gasteiger partial charge in [0.2, 0.25) is 5.89 Å². The number of benzene rings is 3. The van der Waals surface area contributed by atoms with E-state index in [0.29, 0.717) is 35.5 Å². The van der Waals surface area contributed by atoms with Crippen molar-refractivity contribution in [2.45, 2.75) is 45.4 Å². The lowest BCUT2D eigenvalue weighted by molar-refractivity contribution is -0.144. The van der Waals surface area contributed by atoms with Crippen LogP contribution >= 0.6 is 13.5 Å². The molecule has 9 heteroatoms. The number of carboxylic acid groups (broad SMARTS) is 1. The number of rotatable bonds is 7. The predicted octanol–water partition coefficient (Wildman–Crippen LogP) is 6.62. The van der Waals surface area contributed by atoms with Gasteiger partial charge in [0.1, 0.15) is 17.3 Å². The SMILES string of the molecule is Cc1c(-c2ccccc2)cccc1-c1nc2cc(CN3CCCC[C@H]3C(=O)O)c(OC(F)F)cc2o1.S. The van der Waals surface area contributed by atoms with E-state index >= 15 is 0 Å². The van der Waals surface area contributed by atoms with Crippen LogP contribution in [0.1, 0.15) is 30.4 Å². The number of carbonyl (C=O) groups is 1. The minimum atomic E-state index is -3.02. The highest BCUT2D eigenvalue weighted by molar-refractivity contribution is 7.59. The van der Waals surface area contributed by atoms with Gasteiger partial charge < -0.3 is 14.3 Å². The Bertz CT molecular complexity index is 1390. The molecule has 3 aromatic carbocycles. The van der Waals surface area contributed by atoms with Crippen molar-refractivity contribution in [1.29, 1.82) is 0 Å². The molecule has 37 heavy (non-hydrogen) atoms. The number of halogens is 2. The zero-order chi connectivity index (χ0) is 25.2. The van der Waals surface area contributed by atoms with Gasteiger partial charge in [-0.2, -0.15) is 22.3 Å². The van der Waals surface area contributed by atoms with Crippen molar-refractivity contribution >= 4 is 30.6 Å². The van der Waals surface area contributed by atoms with E-state index in [1.165, 1.54) is 6.07 Å². The number of carboxylic acids is 1. The normalized spacial score (nSPS) is 16.1.